The molecular weight excluding hydrogens is 478 g/mol. The minimum atomic E-state index is -0.737. The van der Waals surface area contributed by atoms with Gasteiger partial charge in [0.05, 0.1) is 13.2 Å². The molecule has 0 unspecified atom stereocenters. The zero-order valence-electron chi connectivity index (χ0n) is 21.9. The smallest absolute Gasteiger partial charge is 0.271 e. The second kappa shape index (κ2) is 12.8. The Hall–Kier alpha value is -3.49. The standard InChI is InChI=1S/C30H37N5O3/c36-29(32-25-9-4-5-10-25)28(24-13-15-31-16-14-24)35(18-6-17-34-19-21-38-22-20-34)30(37)27-12-11-26(33-27)23-7-2-1-3-8-23/h1-3,7-8,11-16,25,28,33H,4-6,9-10,17-22H2,(H,32,36)/t28-/m0/s1. The summed E-state index contributed by atoms with van der Waals surface area (Å²) in [5, 5.41) is 3.24. The van der Waals surface area contributed by atoms with E-state index in [1.165, 1.54) is 0 Å². The van der Waals surface area contributed by atoms with Crippen molar-refractivity contribution in [1.82, 2.24) is 25.1 Å². The molecule has 3 aromatic rings. The summed E-state index contributed by atoms with van der Waals surface area (Å²) < 4.78 is 5.48. The second-order valence-electron chi connectivity index (χ2n) is 10.1. The lowest BCUT2D eigenvalue weighted by molar-refractivity contribution is -0.126. The van der Waals surface area contributed by atoms with Gasteiger partial charge in [-0.25, -0.2) is 0 Å². The Balaban J connectivity index is 1.42. The molecule has 1 aliphatic carbocycles. The highest BCUT2D eigenvalue weighted by molar-refractivity contribution is 5.97. The fraction of sp³-hybridized carbons (Fsp3) is 0.433. The van der Waals surface area contributed by atoms with E-state index in [0.29, 0.717) is 12.2 Å². The first-order valence-corrected chi connectivity index (χ1v) is 13.7. The number of aromatic nitrogens is 2. The van der Waals surface area contributed by atoms with Crippen LogP contribution in [-0.2, 0) is 9.53 Å². The summed E-state index contributed by atoms with van der Waals surface area (Å²) in [6.07, 6.45) is 8.34. The normalized spacial score (nSPS) is 17.3. The lowest BCUT2D eigenvalue weighted by atomic mass is 10.0. The van der Waals surface area contributed by atoms with Crippen molar-refractivity contribution in [2.24, 2.45) is 0 Å². The molecule has 2 N–H and O–H groups in total. The monoisotopic (exact) mass is 515 g/mol. The van der Waals surface area contributed by atoms with Gasteiger partial charge < -0.3 is 19.9 Å². The Morgan fingerprint density at radius 3 is 2.50 bits per heavy atom. The molecule has 1 aromatic carbocycles. The van der Waals surface area contributed by atoms with Crippen LogP contribution < -0.4 is 5.32 Å². The number of amides is 2. The number of pyridine rings is 1. The van der Waals surface area contributed by atoms with Gasteiger partial charge in [0, 0.05) is 50.3 Å². The zero-order chi connectivity index (χ0) is 26.2. The molecule has 0 radical (unpaired) electrons. The van der Waals surface area contributed by atoms with E-state index >= 15 is 0 Å². The van der Waals surface area contributed by atoms with Gasteiger partial charge in [-0.2, -0.15) is 0 Å². The first-order chi connectivity index (χ1) is 18.7. The van der Waals surface area contributed by atoms with Crippen LogP contribution in [0.4, 0.5) is 0 Å². The zero-order valence-corrected chi connectivity index (χ0v) is 21.9. The number of carbonyl (C=O) groups is 2. The van der Waals surface area contributed by atoms with E-state index in [1.807, 2.05) is 54.6 Å². The first kappa shape index (κ1) is 26.1. The van der Waals surface area contributed by atoms with Crippen LogP contribution in [0.2, 0.25) is 0 Å². The van der Waals surface area contributed by atoms with Crippen LogP contribution in [0.1, 0.15) is 54.2 Å². The van der Waals surface area contributed by atoms with E-state index in [1.54, 1.807) is 17.3 Å². The molecule has 0 bridgehead atoms. The minimum Gasteiger partial charge on any atom is -0.379 e. The van der Waals surface area contributed by atoms with Gasteiger partial charge >= 0.3 is 0 Å². The molecule has 1 aliphatic heterocycles. The van der Waals surface area contributed by atoms with Crippen LogP contribution in [0.25, 0.3) is 11.3 Å². The van der Waals surface area contributed by atoms with Crippen LogP contribution >= 0.6 is 0 Å². The van der Waals surface area contributed by atoms with E-state index in [-0.39, 0.29) is 17.9 Å². The van der Waals surface area contributed by atoms with E-state index < -0.39 is 6.04 Å². The van der Waals surface area contributed by atoms with Gasteiger partial charge in [-0.05, 0) is 54.7 Å². The molecule has 8 nitrogen and oxygen atoms in total. The molecule has 1 saturated carbocycles. The highest BCUT2D eigenvalue weighted by atomic mass is 16.5. The first-order valence-electron chi connectivity index (χ1n) is 13.7. The molecule has 3 heterocycles. The molecule has 2 fully saturated rings. The Morgan fingerprint density at radius 1 is 1.03 bits per heavy atom. The van der Waals surface area contributed by atoms with Gasteiger partial charge in [0.2, 0.25) is 5.91 Å². The van der Waals surface area contributed by atoms with Crippen molar-refractivity contribution in [1.29, 1.82) is 0 Å². The average Bonchev–Trinajstić information content (AvgIpc) is 3.67. The van der Waals surface area contributed by atoms with Crippen molar-refractivity contribution in [3.8, 4) is 11.3 Å². The third-order valence-corrected chi connectivity index (χ3v) is 7.52. The number of ether oxygens (including phenoxy) is 1. The topological polar surface area (TPSA) is 90.6 Å². The Bertz CT molecular complexity index is 1170. The summed E-state index contributed by atoms with van der Waals surface area (Å²) in [7, 11) is 0. The maximum Gasteiger partial charge on any atom is 0.271 e. The van der Waals surface area contributed by atoms with Gasteiger partial charge in [-0.3, -0.25) is 19.5 Å². The molecule has 2 aliphatic rings. The predicted molar refractivity (Wildman–Crippen MR) is 147 cm³/mol. The number of aromatic amines is 1. The molecule has 2 amide bonds. The molecule has 200 valence electrons. The van der Waals surface area contributed by atoms with E-state index in [9.17, 15) is 9.59 Å². The fourth-order valence-corrected chi connectivity index (χ4v) is 5.47. The van der Waals surface area contributed by atoms with Gasteiger partial charge in [0.1, 0.15) is 11.7 Å². The number of carbonyl (C=O) groups excluding carboxylic acids is 2. The number of benzene rings is 1. The lowest BCUT2D eigenvalue weighted by Crippen LogP contribution is -2.47. The fourth-order valence-electron chi connectivity index (χ4n) is 5.47. The van der Waals surface area contributed by atoms with E-state index in [0.717, 1.165) is 81.8 Å². The van der Waals surface area contributed by atoms with Crippen LogP contribution in [0.5, 0.6) is 0 Å². The van der Waals surface area contributed by atoms with Gasteiger partial charge in [0.15, 0.2) is 0 Å². The number of hydrogen-bond donors (Lipinski definition) is 2. The number of rotatable bonds is 10. The number of H-pyrrole nitrogens is 1. The summed E-state index contributed by atoms with van der Waals surface area (Å²) in [5.74, 6) is -0.310. The Labute approximate surface area is 224 Å². The molecule has 0 spiro atoms. The Morgan fingerprint density at radius 2 is 1.76 bits per heavy atom. The largest absolute Gasteiger partial charge is 0.379 e. The number of morpholine rings is 1. The van der Waals surface area contributed by atoms with Crippen molar-refractivity contribution in [3.05, 3.63) is 78.2 Å². The van der Waals surface area contributed by atoms with Crippen LogP contribution in [0, 0.1) is 0 Å². The molecule has 2 aromatic heterocycles. The third kappa shape index (κ3) is 6.49. The molecule has 5 rings (SSSR count). The predicted octanol–water partition coefficient (Wildman–Crippen LogP) is 4.04. The molecular formula is C30H37N5O3. The molecule has 1 atom stereocenters. The van der Waals surface area contributed by atoms with Crippen molar-refractivity contribution < 1.29 is 14.3 Å². The van der Waals surface area contributed by atoms with Crippen molar-refractivity contribution >= 4 is 11.8 Å². The third-order valence-electron chi connectivity index (χ3n) is 7.52. The number of hydrogen-bond acceptors (Lipinski definition) is 5. The van der Waals surface area contributed by atoms with E-state index in [2.05, 4.69) is 20.2 Å². The van der Waals surface area contributed by atoms with Crippen molar-refractivity contribution in [3.63, 3.8) is 0 Å². The highest BCUT2D eigenvalue weighted by Gasteiger charge is 2.34. The number of nitrogens with zero attached hydrogens (tertiary/aromatic N) is 3. The van der Waals surface area contributed by atoms with Gasteiger partial charge in [0.25, 0.3) is 5.91 Å². The quantitative estimate of drug-likeness (QED) is 0.425. The average molecular weight is 516 g/mol. The van der Waals surface area contributed by atoms with Crippen molar-refractivity contribution in [2.75, 3.05) is 39.4 Å². The van der Waals surface area contributed by atoms with Crippen LogP contribution in [-0.4, -0.2) is 77.0 Å². The van der Waals surface area contributed by atoms with Gasteiger partial charge in [-0.15, -0.1) is 0 Å². The van der Waals surface area contributed by atoms with Crippen LogP contribution in [0.15, 0.2) is 67.0 Å². The summed E-state index contributed by atoms with van der Waals surface area (Å²) in [4.78, 5) is 39.5. The van der Waals surface area contributed by atoms with Crippen molar-refractivity contribution in [2.45, 2.75) is 44.2 Å². The lowest BCUT2D eigenvalue weighted by Gasteiger charge is -2.33. The molecule has 38 heavy (non-hydrogen) atoms. The van der Waals surface area contributed by atoms with Crippen LogP contribution in [0.3, 0.4) is 0 Å². The maximum absolute atomic E-state index is 14.1. The second-order valence-corrected chi connectivity index (χ2v) is 10.1. The SMILES string of the molecule is O=C(NC1CCCC1)[C@H](c1ccncc1)N(CCCN1CCOCC1)C(=O)c1ccc(-c2ccccc2)[nH]1. The maximum atomic E-state index is 14.1. The molecule has 8 heteroatoms. The number of nitrogens with one attached hydrogen (secondary N) is 2. The summed E-state index contributed by atoms with van der Waals surface area (Å²) >= 11 is 0. The molecule has 1 saturated heterocycles. The summed E-state index contributed by atoms with van der Waals surface area (Å²) in [6, 6.07) is 16.8. The highest BCUT2D eigenvalue weighted by Crippen LogP contribution is 2.27. The minimum absolute atomic E-state index is 0.127. The summed E-state index contributed by atoms with van der Waals surface area (Å²) in [6.45, 7) is 4.55. The van der Waals surface area contributed by atoms with E-state index in [4.69, 9.17) is 4.74 Å². The summed E-state index contributed by atoms with van der Waals surface area (Å²) in [5.41, 5.74) is 3.13. The Kier molecular flexibility index (Phi) is 8.83. The van der Waals surface area contributed by atoms with Gasteiger partial charge in [-0.1, -0.05) is 43.2 Å².